The lowest BCUT2D eigenvalue weighted by Crippen LogP contribution is -2.42. The smallest absolute Gasteiger partial charge is 0.416 e. The predicted octanol–water partition coefficient (Wildman–Crippen LogP) is 2.52. The van der Waals surface area contributed by atoms with Crippen molar-refractivity contribution in [3.05, 3.63) is 29.8 Å². The normalized spacial score (nSPS) is 24.5. The van der Waals surface area contributed by atoms with Crippen LogP contribution in [0.1, 0.15) is 31.2 Å². The van der Waals surface area contributed by atoms with E-state index in [4.69, 9.17) is 10.4 Å². The number of sulfonamides is 1. The molecule has 1 aromatic rings. The molecule has 2 N–H and O–H groups in total. The van der Waals surface area contributed by atoms with Gasteiger partial charge in [-0.3, -0.25) is 4.79 Å². The zero-order valence-corrected chi connectivity index (χ0v) is 13.7. The lowest BCUT2D eigenvalue weighted by atomic mass is 9.74. The minimum absolute atomic E-state index is 0.000961. The van der Waals surface area contributed by atoms with E-state index in [1.165, 1.54) is 0 Å². The molecule has 1 fully saturated rings. The molecule has 0 amide bonds. The molecule has 0 spiro atoms. The topological polar surface area (TPSA) is 107 Å². The van der Waals surface area contributed by atoms with Crippen molar-refractivity contribution >= 4 is 16.0 Å². The number of aliphatic carboxylic acids is 1. The first-order chi connectivity index (χ1) is 11.5. The average molecular weight is 376 g/mol. The van der Waals surface area contributed by atoms with E-state index in [1.807, 2.05) is 0 Å². The number of nitriles is 1. The molecule has 1 saturated carbocycles. The molecular weight excluding hydrogens is 361 g/mol. The molecule has 25 heavy (non-hydrogen) atoms. The van der Waals surface area contributed by atoms with Crippen LogP contribution in [0.3, 0.4) is 0 Å². The zero-order valence-electron chi connectivity index (χ0n) is 12.9. The fraction of sp³-hybridized carbons (Fsp3) is 0.467. The van der Waals surface area contributed by atoms with Crippen LogP contribution in [0, 0.1) is 16.7 Å². The molecule has 1 aliphatic carbocycles. The van der Waals surface area contributed by atoms with Crippen molar-refractivity contribution in [2.45, 2.75) is 42.8 Å². The lowest BCUT2D eigenvalue weighted by molar-refractivity contribution is -0.147. The van der Waals surface area contributed by atoms with Crippen molar-refractivity contribution in [3.63, 3.8) is 0 Å². The van der Waals surface area contributed by atoms with Crippen molar-refractivity contribution in [3.8, 4) is 6.07 Å². The monoisotopic (exact) mass is 376 g/mol. The molecule has 6 nitrogen and oxygen atoms in total. The van der Waals surface area contributed by atoms with Crippen LogP contribution in [-0.4, -0.2) is 25.5 Å². The fourth-order valence-corrected chi connectivity index (χ4v) is 4.02. The van der Waals surface area contributed by atoms with E-state index in [-0.39, 0.29) is 30.6 Å². The first-order valence-corrected chi connectivity index (χ1v) is 8.83. The van der Waals surface area contributed by atoms with Crippen molar-refractivity contribution in [1.29, 1.82) is 5.26 Å². The van der Waals surface area contributed by atoms with Crippen molar-refractivity contribution in [2.24, 2.45) is 5.41 Å². The van der Waals surface area contributed by atoms with Crippen LogP contribution < -0.4 is 4.72 Å². The number of carboxylic acids is 1. The highest BCUT2D eigenvalue weighted by Gasteiger charge is 2.43. The first kappa shape index (κ1) is 19.2. The maximum atomic E-state index is 12.5. The Bertz CT molecular complexity index is 790. The number of hydrogen-bond donors (Lipinski definition) is 2. The van der Waals surface area contributed by atoms with Gasteiger partial charge in [0.25, 0.3) is 0 Å². The molecule has 136 valence electrons. The molecule has 2 rings (SSSR count). The average Bonchev–Trinajstić information content (AvgIpc) is 2.54. The number of carboxylic acid groups (broad SMARTS) is 1. The van der Waals surface area contributed by atoms with E-state index in [1.54, 1.807) is 6.07 Å². The maximum Gasteiger partial charge on any atom is 0.416 e. The molecule has 0 heterocycles. The maximum absolute atomic E-state index is 12.5. The molecule has 1 aliphatic rings. The number of hydrogen-bond acceptors (Lipinski definition) is 4. The van der Waals surface area contributed by atoms with Gasteiger partial charge >= 0.3 is 12.1 Å². The molecule has 0 atom stereocenters. The Labute approximate surface area is 142 Å². The Balaban J connectivity index is 2.08. The Hall–Kier alpha value is -2.12. The van der Waals surface area contributed by atoms with E-state index < -0.39 is 39.2 Å². The van der Waals surface area contributed by atoms with E-state index >= 15 is 0 Å². The van der Waals surface area contributed by atoms with Gasteiger partial charge in [-0.15, -0.1) is 0 Å². The summed E-state index contributed by atoms with van der Waals surface area (Å²) in [7, 11) is -4.03. The molecule has 10 heteroatoms. The van der Waals surface area contributed by atoms with Gasteiger partial charge < -0.3 is 5.11 Å². The molecule has 0 unspecified atom stereocenters. The molecule has 0 bridgehead atoms. The zero-order chi connectivity index (χ0) is 18.9. The highest BCUT2D eigenvalue weighted by Crippen LogP contribution is 2.36. The quantitative estimate of drug-likeness (QED) is 0.840. The van der Waals surface area contributed by atoms with Gasteiger partial charge in [0.1, 0.15) is 0 Å². The van der Waals surface area contributed by atoms with E-state index in [0.29, 0.717) is 12.1 Å². The van der Waals surface area contributed by atoms with Crippen LogP contribution in [0.5, 0.6) is 0 Å². The van der Waals surface area contributed by atoms with Crippen molar-refractivity contribution < 1.29 is 31.5 Å². The second-order valence-electron chi connectivity index (χ2n) is 5.92. The van der Waals surface area contributed by atoms with Gasteiger partial charge in [-0.05, 0) is 49.9 Å². The Morgan fingerprint density at radius 1 is 1.24 bits per heavy atom. The Kier molecular flexibility index (Phi) is 5.11. The summed E-state index contributed by atoms with van der Waals surface area (Å²) >= 11 is 0. The summed E-state index contributed by atoms with van der Waals surface area (Å²) in [5.41, 5.74) is -2.47. The lowest BCUT2D eigenvalue weighted by Gasteiger charge is -2.31. The summed E-state index contributed by atoms with van der Waals surface area (Å²) in [6.45, 7) is 0. The summed E-state index contributed by atoms with van der Waals surface area (Å²) in [5, 5.41) is 18.2. The number of alkyl halides is 3. The van der Waals surface area contributed by atoms with Crippen LogP contribution in [0.2, 0.25) is 0 Å². The molecular formula is C15H15F3N2O4S. The standard InChI is InChI=1S/C15H15F3N2O4S/c16-15(17,18)10-1-3-12(4-2-10)25(23,24)20-11-5-7-14(9-19,8-6-11)13(21)22/h1-4,11,20H,5-8H2,(H,21,22)/t11-,14-. The van der Waals surface area contributed by atoms with E-state index in [9.17, 15) is 26.4 Å². The van der Waals surface area contributed by atoms with E-state index in [2.05, 4.69) is 4.72 Å². The van der Waals surface area contributed by atoms with Gasteiger partial charge in [0.05, 0.1) is 16.5 Å². The highest BCUT2D eigenvalue weighted by atomic mass is 32.2. The molecule has 1 aromatic carbocycles. The SMILES string of the molecule is N#C[C@]1(C(=O)O)CC[C@H](NS(=O)(=O)c2ccc(C(F)(F)F)cc2)CC1. The highest BCUT2D eigenvalue weighted by molar-refractivity contribution is 7.89. The number of rotatable bonds is 4. The van der Waals surface area contributed by atoms with Crippen molar-refractivity contribution in [1.82, 2.24) is 4.72 Å². The van der Waals surface area contributed by atoms with Gasteiger partial charge in [-0.25, -0.2) is 13.1 Å². The predicted molar refractivity (Wildman–Crippen MR) is 79.7 cm³/mol. The summed E-state index contributed by atoms with van der Waals surface area (Å²) < 4.78 is 64.4. The largest absolute Gasteiger partial charge is 0.480 e. The minimum Gasteiger partial charge on any atom is -0.480 e. The van der Waals surface area contributed by atoms with Gasteiger partial charge in [-0.2, -0.15) is 18.4 Å². The summed E-state index contributed by atoms with van der Waals surface area (Å²) in [5.74, 6) is -1.24. The van der Waals surface area contributed by atoms with Gasteiger partial charge in [0, 0.05) is 6.04 Å². The van der Waals surface area contributed by atoms with Crippen molar-refractivity contribution in [2.75, 3.05) is 0 Å². The van der Waals surface area contributed by atoms with Crippen LogP contribution >= 0.6 is 0 Å². The number of benzene rings is 1. The van der Waals surface area contributed by atoms with E-state index in [0.717, 1.165) is 12.1 Å². The minimum atomic E-state index is -4.56. The second-order valence-corrected chi connectivity index (χ2v) is 7.63. The van der Waals surface area contributed by atoms with Crippen LogP contribution in [0.25, 0.3) is 0 Å². The summed E-state index contributed by atoms with van der Waals surface area (Å²) in [6, 6.07) is 4.29. The summed E-state index contributed by atoms with van der Waals surface area (Å²) in [4.78, 5) is 10.9. The first-order valence-electron chi connectivity index (χ1n) is 7.34. The number of nitrogens with zero attached hydrogens (tertiary/aromatic N) is 1. The molecule has 0 saturated heterocycles. The third kappa shape index (κ3) is 4.11. The Morgan fingerprint density at radius 3 is 2.16 bits per heavy atom. The third-order valence-electron chi connectivity index (χ3n) is 4.28. The number of halogens is 3. The molecule has 0 radical (unpaired) electrons. The summed E-state index contributed by atoms with van der Waals surface area (Å²) in [6.07, 6.45) is -4.26. The van der Waals surface area contributed by atoms with Crippen LogP contribution in [-0.2, 0) is 21.0 Å². The molecule has 0 aromatic heterocycles. The molecule has 0 aliphatic heterocycles. The number of carbonyl (C=O) groups is 1. The number of nitrogens with one attached hydrogen (secondary N) is 1. The fourth-order valence-electron chi connectivity index (χ4n) is 2.71. The third-order valence-corrected chi connectivity index (χ3v) is 5.81. The second kappa shape index (κ2) is 6.65. The Morgan fingerprint density at radius 2 is 1.76 bits per heavy atom. The van der Waals surface area contributed by atoms with Crippen LogP contribution in [0.15, 0.2) is 29.2 Å². The van der Waals surface area contributed by atoms with Gasteiger partial charge in [0.15, 0.2) is 5.41 Å². The van der Waals surface area contributed by atoms with Gasteiger partial charge in [0.2, 0.25) is 10.0 Å². The van der Waals surface area contributed by atoms with Crippen LogP contribution in [0.4, 0.5) is 13.2 Å². The van der Waals surface area contributed by atoms with Gasteiger partial charge in [-0.1, -0.05) is 0 Å².